The molecule has 7 heteroatoms. The Morgan fingerprint density at radius 3 is 2.32 bits per heavy atom. The van der Waals surface area contributed by atoms with Crippen LogP contribution in [0.1, 0.15) is 71.3 Å². The largest absolute Gasteiger partial charge is 0.481 e. The van der Waals surface area contributed by atoms with E-state index in [2.05, 4.69) is 5.32 Å². The summed E-state index contributed by atoms with van der Waals surface area (Å²) in [6.45, 7) is 5.30. The lowest BCUT2D eigenvalue weighted by atomic mass is 9.82. The van der Waals surface area contributed by atoms with Crippen molar-refractivity contribution in [2.75, 3.05) is 0 Å². The number of carboxylic acid groups (broad SMARTS) is 1. The molecule has 2 rings (SSSR count). The number of amides is 1. The fourth-order valence-corrected chi connectivity index (χ4v) is 4.19. The predicted octanol–water partition coefficient (Wildman–Crippen LogP) is 4.68. The van der Waals surface area contributed by atoms with E-state index in [1.54, 1.807) is 32.9 Å². The average molecular weight is 438 g/mol. The minimum absolute atomic E-state index is 0.0140. The van der Waals surface area contributed by atoms with Crippen molar-refractivity contribution in [3.05, 3.63) is 35.6 Å². The van der Waals surface area contributed by atoms with Crippen LogP contribution in [0.2, 0.25) is 0 Å². The van der Waals surface area contributed by atoms with Crippen molar-refractivity contribution in [2.24, 2.45) is 11.8 Å². The number of ether oxygens (including phenoxy) is 1. The van der Waals surface area contributed by atoms with E-state index < -0.39 is 35.7 Å². The highest BCUT2D eigenvalue weighted by atomic mass is 19.1. The Morgan fingerprint density at radius 2 is 1.77 bits per heavy atom. The normalized spacial score (nSPS) is 18.1. The maximum Gasteiger partial charge on any atom is 0.407 e. The Balaban J connectivity index is 2.08. The standard InChI is InChI=1S/C24H36FNO5/c1-24(2,3)31-23(30)26-20(14-16-7-5-4-6-8-16)21(27)15-18(22(28)29)13-17-9-11-19(25)12-10-17/h9-12,16,18,20-21,27H,4-8,13-15H2,1-3H3,(H,26,30)(H,28,29)/t18-,20+,21+/m1/s1. The van der Waals surface area contributed by atoms with Crippen LogP contribution in [0.3, 0.4) is 0 Å². The number of nitrogens with one attached hydrogen (secondary N) is 1. The van der Waals surface area contributed by atoms with Crippen LogP contribution < -0.4 is 5.32 Å². The lowest BCUT2D eigenvalue weighted by Crippen LogP contribution is -2.47. The topological polar surface area (TPSA) is 95.9 Å². The molecule has 0 radical (unpaired) electrons. The Kier molecular flexibility index (Phi) is 9.29. The lowest BCUT2D eigenvalue weighted by Gasteiger charge is -2.32. The van der Waals surface area contributed by atoms with Crippen molar-refractivity contribution in [3.63, 3.8) is 0 Å². The number of halogens is 1. The highest BCUT2D eigenvalue weighted by Gasteiger charge is 2.31. The van der Waals surface area contributed by atoms with Crippen molar-refractivity contribution in [1.29, 1.82) is 0 Å². The van der Waals surface area contributed by atoms with E-state index in [0.29, 0.717) is 17.9 Å². The number of carbonyl (C=O) groups is 2. The molecule has 0 aromatic heterocycles. The molecule has 3 atom stereocenters. The van der Waals surface area contributed by atoms with Gasteiger partial charge in [0.15, 0.2) is 0 Å². The molecular weight excluding hydrogens is 401 g/mol. The summed E-state index contributed by atoms with van der Waals surface area (Å²) in [5.74, 6) is -1.89. The molecule has 1 saturated carbocycles. The molecule has 1 amide bonds. The monoisotopic (exact) mass is 437 g/mol. The fourth-order valence-electron chi connectivity index (χ4n) is 4.19. The minimum atomic E-state index is -1.03. The number of aliphatic carboxylic acids is 1. The molecule has 0 spiro atoms. The number of aliphatic hydroxyl groups is 1. The van der Waals surface area contributed by atoms with Gasteiger partial charge in [0, 0.05) is 0 Å². The van der Waals surface area contributed by atoms with Gasteiger partial charge in [0.25, 0.3) is 0 Å². The van der Waals surface area contributed by atoms with Crippen LogP contribution in [0.5, 0.6) is 0 Å². The molecule has 1 aliphatic rings. The fraction of sp³-hybridized carbons (Fsp3) is 0.667. The molecule has 0 unspecified atom stereocenters. The van der Waals surface area contributed by atoms with E-state index in [4.69, 9.17) is 4.74 Å². The van der Waals surface area contributed by atoms with Crippen molar-refractivity contribution in [2.45, 2.75) is 89.9 Å². The molecule has 0 bridgehead atoms. The Bertz CT molecular complexity index is 710. The molecule has 1 aliphatic carbocycles. The molecule has 6 nitrogen and oxygen atoms in total. The summed E-state index contributed by atoms with van der Waals surface area (Å²) in [4.78, 5) is 24.2. The molecule has 0 saturated heterocycles. The van der Waals surface area contributed by atoms with Crippen molar-refractivity contribution < 1.29 is 28.9 Å². The number of hydrogen-bond acceptors (Lipinski definition) is 4. The van der Waals surface area contributed by atoms with Crippen LogP contribution in [0.15, 0.2) is 24.3 Å². The first-order valence-corrected chi connectivity index (χ1v) is 11.2. The third-order valence-electron chi connectivity index (χ3n) is 5.75. The van der Waals surface area contributed by atoms with E-state index in [1.165, 1.54) is 18.6 Å². The van der Waals surface area contributed by atoms with Gasteiger partial charge in [-0.05, 0) is 63.6 Å². The average Bonchev–Trinajstić information content (AvgIpc) is 2.67. The summed E-state index contributed by atoms with van der Waals surface area (Å²) in [5.41, 5.74) is 0.0151. The smallest absolute Gasteiger partial charge is 0.407 e. The molecule has 1 aromatic carbocycles. The van der Waals surface area contributed by atoms with E-state index in [9.17, 15) is 24.2 Å². The maximum atomic E-state index is 13.2. The molecule has 1 aromatic rings. The van der Waals surface area contributed by atoms with E-state index in [1.807, 2.05) is 0 Å². The number of carboxylic acids is 1. The molecule has 1 fully saturated rings. The zero-order chi connectivity index (χ0) is 23.0. The third-order valence-corrected chi connectivity index (χ3v) is 5.75. The van der Waals surface area contributed by atoms with Crippen LogP contribution in [-0.4, -0.2) is 40.0 Å². The van der Waals surface area contributed by atoms with Crippen LogP contribution in [0.4, 0.5) is 9.18 Å². The first-order chi connectivity index (χ1) is 14.5. The second-order valence-corrected chi connectivity index (χ2v) is 9.66. The first kappa shape index (κ1) is 25.1. The van der Waals surface area contributed by atoms with Crippen LogP contribution in [0, 0.1) is 17.7 Å². The molecular formula is C24H36FNO5. The Morgan fingerprint density at radius 1 is 1.16 bits per heavy atom. The van der Waals surface area contributed by atoms with E-state index in [0.717, 1.165) is 25.7 Å². The highest BCUT2D eigenvalue weighted by Crippen LogP contribution is 2.29. The van der Waals surface area contributed by atoms with E-state index in [-0.39, 0.29) is 18.7 Å². The number of aliphatic hydroxyl groups excluding tert-OH is 1. The quantitative estimate of drug-likeness (QED) is 0.521. The van der Waals surface area contributed by atoms with Gasteiger partial charge >= 0.3 is 12.1 Å². The summed E-state index contributed by atoms with van der Waals surface area (Å²) >= 11 is 0. The summed E-state index contributed by atoms with van der Waals surface area (Å²) in [6, 6.07) is 5.10. The zero-order valence-electron chi connectivity index (χ0n) is 18.8. The SMILES string of the molecule is CC(C)(C)OC(=O)N[C@@H](CC1CCCCC1)[C@@H](O)C[C@@H](Cc1ccc(F)cc1)C(=O)O. The van der Waals surface area contributed by atoms with Crippen LogP contribution in [0.25, 0.3) is 0 Å². The second kappa shape index (κ2) is 11.5. The van der Waals surface area contributed by atoms with Gasteiger partial charge in [-0.3, -0.25) is 4.79 Å². The summed E-state index contributed by atoms with van der Waals surface area (Å²) in [5, 5.41) is 23.4. The van der Waals surface area contributed by atoms with Gasteiger partial charge < -0.3 is 20.3 Å². The number of alkyl carbamates (subject to hydrolysis) is 1. The van der Waals surface area contributed by atoms with Gasteiger partial charge in [-0.25, -0.2) is 9.18 Å². The number of carbonyl (C=O) groups excluding carboxylic acids is 1. The van der Waals surface area contributed by atoms with E-state index >= 15 is 0 Å². The molecule has 31 heavy (non-hydrogen) atoms. The van der Waals surface area contributed by atoms with Crippen LogP contribution >= 0.6 is 0 Å². The second-order valence-electron chi connectivity index (χ2n) is 9.66. The number of rotatable bonds is 9. The molecule has 0 aliphatic heterocycles. The molecule has 3 N–H and O–H groups in total. The Hall–Kier alpha value is -2.15. The van der Waals surface area contributed by atoms with Crippen molar-refractivity contribution in [3.8, 4) is 0 Å². The Labute approximate surface area is 184 Å². The van der Waals surface area contributed by atoms with Gasteiger partial charge in [-0.2, -0.15) is 0 Å². The highest BCUT2D eigenvalue weighted by molar-refractivity contribution is 5.70. The summed E-state index contributed by atoms with van der Waals surface area (Å²) in [6.07, 6.45) is 4.63. The van der Waals surface area contributed by atoms with Gasteiger partial charge in [0.1, 0.15) is 11.4 Å². The molecule has 0 heterocycles. The van der Waals surface area contributed by atoms with Gasteiger partial charge in [-0.15, -0.1) is 0 Å². The van der Waals surface area contributed by atoms with Crippen LogP contribution in [-0.2, 0) is 16.0 Å². The van der Waals surface area contributed by atoms with Gasteiger partial charge in [0.2, 0.25) is 0 Å². The minimum Gasteiger partial charge on any atom is -0.481 e. The first-order valence-electron chi connectivity index (χ1n) is 11.2. The lowest BCUT2D eigenvalue weighted by molar-refractivity contribution is -0.143. The third kappa shape index (κ3) is 9.25. The summed E-state index contributed by atoms with van der Waals surface area (Å²) in [7, 11) is 0. The number of hydrogen-bond donors (Lipinski definition) is 3. The van der Waals surface area contributed by atoms with Crippen molar-refractivity contribution >= 4 is 12.1 Å². The van der Waals surface area contributed by atoms with Gasteiger partial charge in [-0.1, -0.05) is 44.2 Å². The summed E-state index contributed by atoms with van der Waals surface area (Å²) < 4.78 is 18.5. The maximum absolute atomic E-state index is 13.2. The zero-order valence-corrected chi connectivity index (χ0v) is 18.8. The predicted molar refractivity (Wildman–Crippen MR) is 116 cm³/mol. The molecule has 174 valence electrons. The van der Waals surface area contributed by atoms with Gasteiger partial charge in [0.05, 0.1) is 18.1 Å². The van der Waals surface area contributed by atoms with Crippen molar-refractivity contribution in [1.82, 2.24) is 5.32 Å². The number of benzene rings is 1.